The highest BCUT2D eigenvalue weighted by atomic mass is 16.5. The molecule has 1 aromatic carbocycles. The van der Waals surface area contributed by atoms with Gasteiger partial charge in [0.1, 0.15) is 11.8 Å². The fraction of sp³-hybridized carbons (Fsp3) is 0.143. The van der Waals surface area contributed by atoms with Gasteiger partial charge < -0.3 is 9.47 Å². The molecule has 4 nitrogen and oxygen atoms in total. The Morgan fingerprint density at radius 3 is 2.50 bits per heavy atom. The van der Waals surface area contributed by atoms with Crippen LogP contribution < -0.4 is 9.47 Å². The van der Waals surface area contributed by atoms with Gasteiger partial charge in [0.25, 0.3) is 0 Å². The third-order valence-corrected chi connectivity index (χ3v) is 2.59. The molecule has 18 heavy (non-hydrogen) atoms. The van der Waals surface area contributed by atoms with Crippen molar-refractivity contribution >= 4 is 0 Å². The minimum absolute atomic E-state index is 0.452. The maximum atomic E-state index is 9.06. The van der Waals surface area contributed by atoms with E-state index in [4.69, 9.17) is 14.7 Å². The van der Waals surface area contributed by atoms with Crippen LogP contribution in [0.1, 0.15) is 5.56 Å². The number of hydrogen-bond acceptors (Lipinski definition) is 4. The summed E-state index contributed by atoms with van der Waals surface area (Å²) in [6, 6.07) is 11.3. The maximum Gasteiger partial charge on any atom is 0.154 e. The Morgan fingerprint density at radius 2 is 1.83 bits per heavy atom. The predicted octanol–water partition coefficient (Wildman–Crippen LogP) is 2.64. The van der Waals surface area contributed by atoms with Crippen molar-refractivity contribution < 1.29 is 9.47 Å². The number of ether oxygens (including phenoxy) is 2. The number of aromatic nitrogens is 1. The minimum atomic E-state index is 0.452. The normalized spacial score (nSPS) is 9.61. The molecule has 0 aliphatic rings. The topological polar surface area (TPSA) is 55.1 Å². The number of pyridine rings is 1. The van der Waals surface area contributed by atoms with Gasteiger partial charge in [0.05, 0.1) is 31.7 Å². The van der Waals surface area contributed by atoms with E-state index < -0.39 is 0 Å². The summed E-state index contributed by atoms with van der Waals surface area (Å²) in [6.07, 6.45) is 1.54. The third kappa shape index (κ3) is 2.11. The number of nitriles is 1. The van der Waals surface area contributed by atoms with Gasteiger partial charge in [-0.05, 0) is 18.2 Å². The van der Waals surface area contributed by atoms with Gasteiger partial charge in [-0.15, -0.1) is 0 Å². The van der Waals surface area contributed by atoms with Crippen LogP contribution in [0.5, 0.6) is 11.5 Å². The van der Waals surface area contributed by atoms with Crippen molar-refractivity contribution in [2.45, 2.75) is 0 Å². The molecular weight excluding hydrogens is 228 g/mol. The van der Waals surface area contributed by atoms with Crippen LogP contribution in [-0.2, 0) is 0 Å². The van der Waals surface area contributed by atoms with E-state index in [0.717, 1.165) is 11.3 Å². The molecule has 4 heteroatoms. The Kier molecular flexibility index (Phi) is 3.44. The molecule has 0 N–H and O–H groups in total. The summed E-state index contributed by atoms with van der Waals surface area (Å²) < 4.78 is 10.3. The van der Waals surface area contributed by atoms with Gasteiger partial charge in [0, 0.05) is 5.56 Å². The Bertz CT molecular complexity index is 603. The van der Waals surface area contributed by atoms with E-state index in [2.05, 4.69) is 11.1 Å². The van der Waals surface area contributed by atoms with Crippen molar-refractivity contribution in [1.29, 1.82) is 5.26 Å². The Balaban J connectivity index is 2.55. The lowest BCUT2D eigenvalue weighted by atomic mass is 10.1. The van der Waals surface area contributed by atoms with Crippen LogP contribution in [0.3, 0.4) is 0 Å². The van der Waals surface area contributed by atoms with Crippen LogP contribution in [0.4, 0.5) is 0 Å². The Hall–Kier alpha value is -2.54. The highest BCUT2D eigenvalue weighted by Crippen LogP contribution is 2.30. The summed E-state index contributed by atoms with van der Waals surface area (Å²) in [5.41, 5.74) is 1.98. The van der Waals surface area contributed by atoms with Crippen molar-refractivity contribution in [2.75, 3.05) is 14.2 Å². The standard InChI is InChI=1S/C14H12N2O2/c1-17-13-6-4-3-5-11(13)12-7-10(8-15)14(18-2)9-16-12/h3-7,9H,1-2H3. The molecule has 2 rings (SSSR count). The second-order valence-electron chi connectivity index (χ2n) is 3.58. The molecule has 0 bridgehead atoms. The molecule has 0 saturated carbocycles. The predicted molar refractivity (Wildman–Crippen MR) is 67.5 cm³/mol. The first-order valence-electron chi connectivity index (χ1n) is 5.37. The fourth-order valence-corrected chi connectivity index (χ4v) is 1.70. The average molecular weight is 240 g/mol. The number of benzene rings is 1. The summed E-state index contributed by atoms with van der Waals surface area (Å²) in [7, 11) is 3.12. The summed E-state index contributed by atoms with van der Waals surface area (Å²) in [4.78, 5) is 4.28. The molecule has 0 atom stereocenters. The molecule has 1 aromatic heterocycles. The van der Waals surface area contributed by atoms with Gasteiger partial charge in [0.15, 0.2) is 5.75 Å². The van der Waals surface area contributed by atoms with Crippen LogP contribution in [0.15, 0.2) is 36.5 Å². The number of rotatable bonds is 3. The van der Waals surface area contributed by atoms with Crippen molar-refractivity contribution in [3.8, 4) is 28.8 Å². The van der Waals surface area contributed by atoms with Gasteiger partial charge in [-0.3, -0.25) is 4.98 Å². The average Bonchev–Trinajstić information content (AvgIpc) is 2.46. The molecule has 0 radical (unpaired) electrons. The SMILES string of the molecule is COc1cnc(-c2ccccc2OC)cc1C#N. The zero-order valence-corrected chi connectivity index (χ0v) is 10.2. The molecule has 90 valence electrons. The summed E-state index contributed by atoms with van der Waals surface area (Å²) in [6.45, 7) is 0. The summed E-state index contributed by atoms with van der Waals surface area (Å²) >= 11 is 0. The smallest absolute Gasteiger partial charge is 0.154 e. The molecular formula is C14H12N2O2. The molecule has 0 saturated heterocycles. The molecule has 1 heterocycles. The lowest BCUT2D eigenvalue weighted by Crippen LogP contribution is -1.93. The summed E-state index contributed by atoms with van der Waals surface area (Å²) in [5.74, 6) is 1.19. The van der Waals surface area contributed by atoms with Crippen molar-refractivity contribution in [2.24, 2.45) is 0 Å². The van der Waals surface area contributed by atoms with Crippen LogP contribution >= 0.6 is 0 Å². The van der Waals surface area contributed by atoms with Crippen LogP contribution in [-0.4, -0.2) is 19.2 Å². The number of methoxy groups -OCH3 is 2. The van der Waals surface area contributed by atoms with Gasteiger partial charge in [0.2, 0.25) is 0 Å². The van der Waals surface area contributed by atoms with Gasteiger partial charge in [-0.25, -0.2) is 0 Å². The van der Waals surface area contributed by atoms with E-state index in [-0.39, 0.29) is 0 Å². The van der Waals surface area contributed by atoms with Crippen molar-refractivity contribution in [3.05, 3.63) is 42.1 Å². The van der Waals surface area contributed by atoms with Gasteiger partial charge in [-0.2, -0.15) is 5.26 Å². The van der Waals surface area contributed by atoms with E-state index in [1.54, 1.807) is 19.4 Å². The van der Waals surface area contributed by atoms with E-state index in [9.17, 15) is 0 Å². The van der Waals surface area contributed by atoms with Crippen LogP contribution in [0.2, 0.25) is 0 Å². The molecule has 0 spiro atoms. The molecule has 0 fully saturated rings. The number of nitrogens with zero attached hydrogens (tertiary/aromatic N) is 2. The first kappa shape index (κ1) is 11.9. The zero-order valence-electron chi connectivity index (χ0n) is 10.2. The summed E-state index contributed by atoms with van der Waals surface area (Å²) in [5, 5.41) is 9.06. The first-order chi connectivity index (χ1) is 8.80. The van der Waals surface area contributed by atoms with E-state index >= 15 is 0 Å². The van der Waals surface area contributed by atoms with Crippen molar-refractivity contribution in [1.82, 2.24) is 4.98 Å². The van der Waals surface area contributed by atoms with Crippen molar-refractivity contribution in [3.63, 3.8) is 0 Å². The van der Waals surface area contributed by atoms with Crippen LogP contribution in [0.25, 0.3) is 11.3 Å². The number of para-hydroxylation sites is 1. The second-order valence-corrected chi connectivity index (χ2v) is 3.58. The first-order valence-corrected chi connectivity index (χ1v) is 5.37. The van der Waals surface area contributed by atoms with E-state index in [1.807, 2.05) is 24.3 Å². The Morgan fingerprint density at radius 1 is 1.11 bits per heavy atom. The third-order valence-electron chi connectivity index (χ3n) is 2.59. The minimum Gasteiger partial charge on any atom is -0.496 e. The molecule has 0 aliphatic carbocycles. The quantitative estimate of drug-likeness (QED) is 0.827. The fourth-order valence-electron chi connectivity index (χ4n) is 1.70. The molecule has 2 aromatic rings. The van der Waals surface area contributed by atoms with Gasteiger partial charge >= 0.3 is 0 Å². The lowest BCUT2D eigenvalue weighted by molar-refractivity contribution is 0.411. The highest BCUT2D eigenvalue weighted by molar-refractivity contribution is 5.69. The highest BCUT2D eigenvalue weighted by Gasteiger charge is 2.10. The van der Waals surface area contributed by atoms with E-state index in [0.29, 0.717) is 17.0 Å². The maximum absolute atomic E-state index is 9.06. The zero-order chi connectivity index (χ0) is 13.0. The number of hydrogen-bond donors (Lipinski definition) is 0. The molecule has 0 amide bonds. The second kappa shape index (κ2) is 5.19. The molecule has 0 aliphatic heterocycles. The molecule has 0 unspecified atom stereocenters. The lowest BCUT2D eigenvalue weighted by Gasteiger charge is -2.09. The monoisotopic (exact) mass is 240 g/mol. The largest absolute Gasteiger partial charge is 0.496 e. The van der Waals surface area contributed by atoms with Gasteiger partial charge in [-0.1, -0.05) is 12.1 Å². The van der Waals surface area contributed by atoms with Crippen LogP contribution in [0, 0.1) is 11.3 Å². The van der Waals surface area contributed by atoms with E-state index in [1.165, 1.54) is 7.11 Å². The Labute approximate surface area is 105 Å².